The highest BCUT2D eigenvalue weighted by Crippen LogP contribution is 2.32. The van der Waals surface area contributed by atoms with Gasteiger partial charge in [-0.05, 0) is 24.3 Å². The summed E-state index contributed by atoms with van der Waals surface area (Å²) in [4.78, 5) is 4.49. The smallest absolute Gasteiger partial charge is 0.251 e. The van der Waals surface area contributed by atoms with Crippen LogP contribution in [0.4, 0.5) is 0 Å². The second kappa shape index (κ2) is 7.79. The molecule has 0 unspecified atom stereocenters. The second-order valence-electron chi connectivity index (χ2n) is 7.49. The third-order valence-electron chi connectivity index (χ3n) is 5.16. The Morgan fingerprint density at radius 3 is 2.72 bits per heavy atom. The van der Waals surface area contributed by atoms with Crippen LogP contribution in [0.1, 0.15) is 17.7 Å². The number of fused-ring (bicyclic) bond motifs is 4. The lowest BCUT2D eigenvalue weighted by molar-refractivity contribution is 0.236. The van der Waals surface area contributed by atoms with Crippen LogP contribution < -0.4 is 9.47 Å². The highest BCUT2D eigenvalue weighted by Gasteiger charge is 2.20. The Morgan fingerprint density at radius 2 is 1.88 bits per heavy atom. The number of aryl methyl sites for hydroxylation is 1. The lowest BCUT2D eigenvalue weighted by Gasteiger charge is -2.11. The van der Waals surface area contributed by atoms with Gasteiger partial charge in [-0.3, -0.25) is 4.98 Å². The van der Waals surface area contributed by atoms with E-state index in [1.54, 1.807) is 24.0 Å². The molecule has 5 rings (SSSR count). The molecule has 4 heterocycles. The summed E-state index contributed by atoms with van der Waals surface area (Å²) in [6.07, 6.45) is 8.66. The predicted octanol–water partition coefficient (Wildman–Crippen LogP) is 2.97. The number of para-hydroxylation sites is 1. The minimum atomic E-state index is -3.62. The van der Waals surface area contributed by atoms with Crippen LogP contribution in [0.25, 0.3) is 34.3 Å². The maximum atomic E-state index is 12.3. The Bertz CT molecular complexity index is 1450. The molecule has 1 aromatic carbocycles. The highest BCUT2D eigenvalue weighted by atomic mass is 32.2. The van der Waals surface area contributed by atoms with Crippen molar-refractivity contribution in [1.29, 1.82) is 0 Å². The van der Waals surface area contributed by atoms with Crippen molar-refractivity contribution in [1.82, 2.24) is 24.0 Å². The van der Waals surface area contributed by atoms with E-state index in [1.807, 2.05) is 36.4 Å². The van der Waals surface area contributed by atoms with Crippen molar-refractivity contribution in [3.8, 4) is 22.9 Å². The fraction of sp³-hybridized carbons (Fsp3) is 0.227. The van der Waals surface area contributed by atoms with Gasteiger partial charge in [-0.15, -0.1) is 0 Å². The molecule has 0 amide bonds. The van der Waals surface area contributed by atoms with Crippen LogP contribution in [0.15, 0.2) is 42.7 Å². The average Bonchev–Trinajstić information content (AvgIpc) is 3.32. The molecule has 32 heavy (non-hydrogen) atoms. The van der Waals surface area contributed by atoms with Crippen molar-refractivity contribution in [2.24, 2.45) is 7.05 Å². The number of benzene rings is 1. The molecule has 1 aliphatic rings. The summed E-state index contributed by atoms with van der Waals surface area (Å²) >= 11 is 0. The Kier molecular flexibility index (Phi) is 4.93. The number of pyridine rings is 1. The fourth-order valence-electron chi connectivity index (χ4n) is 3.64. The molecule has 2 bridgehead atoms. The van der Waals surface area contributed by atoms with Gasteiger partial charge in [0.1, 0.15) is 11.3 Å². The molecular formula is C22H21N5O4S. The summed E-state index contributed by atoms with van der Waals surface area (Å²) < 4.78 is 39.3. The zero-order valence-electron chi connectivity index (χ0n) is 17.6. The molecule has 0 radical (unpaired) electrons. The number of nitrogens with zero attached hydrogens (tertiary/aromatic N) is 5. The molecule has 3 aromatic heterocycles. The Morgan fingerprint density at radius 1 is 1.06 bits per heavy atom. The third-order valence-corrected chi connectivity index (χ3v) is 6.07. The molecule has 0 saturated heterocycles. The number of aromatic nitrogens is 5. The first-order chi connectivity index (χ1) is 15.4. The van der Waals surface area contributed by atoms with Crippen molar-refractivity contribution in [3.63, 3.8) is 0 Å². The molecule has 0 N–H and O–H groups in total. The summed E-state index contributed by atoms with van der Waals surface area (Å²) in [6.45, 7) is 0.932. The molecule has 0 aliphatic carbocycles. The SMILES string of the molecule is Cn1ncc2c1OCCCOc1ccccc1/C=C/c1nn(S(C)(=O)=O)c3cnc-2cc13. The molecule has 0 fully saturated rings. The van der Waals surface area contributed by atoms with Crippen LogP contribution in [-0.4, -0.2) is 51.8 Å². The molecule has 164 valence electrons. The van der Waals surface area contributed by atoms with Crippen molar-refractivity contribution in [2.45, 2.75) is 6.42 Å². The predicted molar refractivity (Wildman–Crippen MR) is 121 cm³/mol. The van der Waals surface area contributed by atoms with Gasteiger partial charge in [0.15, 0.2) is 0 Å². The van der Waals surface area contributed by atoms with Crippen LogP contribution in [0, 0.1) is 0 Å². The van der Waals surface area contributed by atoms with Gasteiger partial charge >= 0.3 is 0 Å². The third kappa shape index (κ3) is 3.62. The molecular weight excluding hydrogens is 430 g/mol. The second-order valence-corrected chi connectivity index (χ2v) is 9.30. The van der Waals surface area contributed by atoms with E-state index in [0.29, 0.717) is 47.8 Å². The zero-order valence-corrected chi connectivity index (χ0v) is 18.4. The number of ether oxygens (including phenoxy) is 2. The van der Waals surface area contributed by atoms with E-state index in [0.717, 1.165) is 27.2 Å². The summed E-state index contributed by atoms with van der Waals surface area (Å²) in [6, 6.07) is 9.47. The van der Waals surface area contributed by atoms with E-state index in [-0.39, 0.29) is 0 Å². The highest BCUT2D eigenvalue weighted by molar-refractivity contribution is 7.89. The monoisotopic (exact) mass is 451 g/mol. The first kappa shape index (κ1) is 20.3. The molecule has 0 saturated carbocycles. The minimum absolute atomic E-state index is 0.399. The molecule has 9 nitrogen and oxygen atoms in total. The topological polar surface area (TPSA) is 101 Å². The molecule has 4 aromatic rings. The van der Waals surface area contributed by atoms with Crippen LogP contribution in [-0.2, 0) is 17.1 Å². The van der Waals surface area contributed by atoms with Crippen molar-refractivity contribution in [2.75, 3.05) is 19.5 Å². The standard InChI is InChI=1S/C22H21N5O4S/c1-26-22-17(13-24-26)19-12-16-18(25-27(32(2,28)29)20(16)14-23-19)9-8-15-6-3-4-7-21(15)30-10-5-11-31-22/h3-4,6-9,12-14H,5,10-11H2,1-2H3/b9-8+. The number of rotatable bonds is 1. The molecule has 10 heteroatoms. The lowest BCUT2D eigenvalue weighted by Crippen LogP contribution is -2.11. The van der Waals surface area contributed by atoms with E-state index in [4.69, 9.17) is 9.47 Å². The van der Waals surface area contributed by atoms with Gasteiger partial charge < -0.3 is 9.47 Å². The van der Waals surface area contributed by atoms with Gasteiger partial charge in [-0.25, -0.2) is 13.1 Å². The Labute approximate surface area is 185 Å². The summed E-state index contributed by atoms with van der Waals surface area (Å²) in [7, 11) is -1.82. The fourth-order valence-corrected chi connectivity index (χ4v) is 4.38. The van der Waals surface area contributed by atoms with Gasteiger partial charge in [0.05, 0.1) is 48.8 Å². The van der Waals surface area contributed by atoms with E-state index < -0.39 is 10.0 Å². The van der Waals surface area contributed by atoms with Gasteiger partial charge in [-0.2, -0.15) is 14.3 Å². The van der Waals surface area contributed by atoms with E-state index in [9.17, 15) is 8.42 Å². The van der Waals surface area contributed by atoms with Crippen LogP contribution in [0.2, 0.25) is 0 Å². The van der Waals surface area contributed by atoms with Crippen LogP contribution >= 0.6 is 0 Å². The summed E-state index contributed by atoms with van der Waals surface area (Å²) in [5, 5.41) is 9.31. The quantitative estimate of drug-likeness (QED) is 0.438. The van der Waals surface area contributed by atoms with Gasteiger partial charge in [-0.1, -0.05) is 18.2 Å². The largest absolute Gasteiger partial charge is 0.493 e. The van der Waals surface area contributed by atoms with Crippen molar-refractivity contribution < 1.29 is 17.9 Å². The zero-order chi connectivity index (χ0) is 22.3. The van der Waals surface area contributed by atoms with E-state index >= 15 is 0 Å². The maximum Gasteiger partial charge on any atom is 0.251 e. The molecule has 0 atom stereocenters. The Hall–Kier alpha value is -3.66. The summed E-state index contributed by atoms with van der Waals surface area (Å²) in [5.74, 6) is 1.31. The number of hydrogen-bond donors (Lipinski definition) is 0. The van der Waals surface area contributed by atoms with Gasteiger partial charge in [0.25, 0.3) is 10.0 Å². The van der Waals surface area contributed by atoms with Crippen LogP contribution in [0.3, 0.4) is 0 Å². The average molecular weight is 452 g/mol. The maximum absolute atomic E-state index is 12.3. The number of hydrogen-bond acceptors (Lipinski definition) is 7. The first-order valence-electron chi connectivity index (χ1n) is 10.1. The Balaban J connectivity index is 1.75. The lowest BCUT2D eigenvalue weighted by atomic mass is 10.1. The van der Waals surface area contributed by atoms with E-state index in [1.165, 1.54) is 6.20 Å². The van der Waals surface area contributed by atoms with Crippen molar-refractivity contribution in [3.05, 3.63) is 54.0 Å². The van der Waals surface area contributed by atoms with Crippen molar-refractivity contribution >= 4 is 33.1 Å². The summed E-state index contributed by atoms with van der Waals surface area (Å²) in [5.41, 5.74) is 3.11. The van der Waals surface area contributed by atoms with Gasteiger partial charge in [0.2, 0.25) is 5.88 Å². The van der Waals surface area contributed by atoms with Gasteiger partial charge in [0, 0.05) is 24.4 Å². The first-order valence-corrected chi connectivity index (χ1v) is 11.9. The molecule has 1 aliphatic heterocycles. The minimum Gasteiger partial charge on any atom is -0.493 e. The molecule has 0 spiro atoms. The normalized spacial score (nSPS) is 15.2. The van der Waals surface area contributed by atoms with Crippen LogP contribution in [0.5, 0.6) is 11.6 Å². The van der Waals surface area contributed by atoms with E-state index in [2.05, 4.69) is 15.2 Å².